The maximum absolute atomic E-state index is 11.6. The average molecular weight is 288 g/mol. The van der Waals surface area contributed by atoms with E-state index in [0.29, 0.717) is 10.8 Å². The minimum absolute atomic E-state index is 0.196. The van der Waals surface area contributed by atoms with Crippen molar-refractivity contribution in [3.8, 4) is 0 Å². The number of aromatic nitrogens is 2. The standard InChI is InChI=1S/C14H14N3O2S/c1-20(18,19)13-4-3-10-7-12(8-11(10)9-13)17-14-15-5-2-6-16-14/h3-6,9,12H,7-8H2,1H3,(H,15,16,17). The lowest BCUT2D eigenvalue weighted by molar-refractivity contribution is 0.601. The van der Waals surface area contributed by atoms with E-state index in [-0.39, 0.29) is 6.04 Å². The molecule has 0 amide bonds. The van der Waals surface area contributed by atoms with Crippen molar-refractivity contribution >= 4 is 15.8 Å². The van der Waals surface area contributed by atoms with Crippen molar-refractivity contribution in [3.63, 3.8) is 0 Å². The molecule has 3 rings (SSSR count). The Labute approximate surface area is 118 Å². The number of benzene rings is 1. The summed E-state index contributed by atoms with van der Waals surface area (Å²) in [6.07, 6.45) is 5.99. The SMILES string of the molecule is CS(=O)(=O)c1ccc2c(c1)CC(Nc1nc[c]cn1)C2. The molecule has 1 aliphatic carbocycles. The molecule has 0 bridgehead atoms. The molecule has 0 aliphatic heterocycles. The summed E-state index contributed by atoms with van der Waals surface area (Å²) in [5, 5.41) is 3.25. The highest BCUT2D eigenvalue weighted by atomic mass is 32.2. The summed E-state index contributed by atoms with van der Waals surface area (Å²) in [6.45, 7) is 0. The Morgan fingerprint density at radius 1 is 1.20 bits per heavy atom. The normalized spacial score (nSPS) is 17.8. The summed E-state index contributed by atoms with van der Waals surface area (Å²) >= 11 is 0. The Kier molecular flexibility index (Phi) is 3.17. The zero-order valence-electron chi connectivity index (χ0n) is 11.0. The summed E-state index contributed by atoms with van der Waals surface area (Å²) < 4.78 is 23.1. The van der Waals surface area contributed by atoms with Gasteiger partial charge < -0.3 is 5.32 Å². The van der Waals surface area contributed by atoms with Gasteiger partial charge in [0.15, 0.2) is 9.84 Å². The van der Waals surface area contributed by atoms with Crippen LogP contribution in [0.1, 0.15) is 11.1 Å². The van der Waals surface area contributed by atoms with Crippen molar-refractivity contribution in [2.24, 2.45) is 0 Å². The van der Waals surface area contributed by atoms with E-state index in [1.165, 1.54) is 11.8 Å². The fraction of sp³-hybridized carbons (Fsp3) is 0.286. The Hall–Kier alpha value is -1.95. The van der Waals surface area contributed by atoms with Gasteiger partial charge in [0.1, 0.15) is 0 Å². The van der Waals surface area contributed by atoms with Crippen molar-refractivity contribution in [1.82, 2.24) is 9.97 Å². The van der Waals surface area contributed by atoms with E-state index in [4.69, 9.17) is 0 Å². The summed E-state index contributed by atoms with van der Waals surface area (Å²) in [7, 11) is -3.15. The van der Waals surface area contributed by atoms with Gasteiger partial charge in [0.25, 0.3) is 0 Å². The van der Waals surface area contributed by atoms with Crippen LogP contribution in [0.5, 0.6) is 0 Å². The molecule has 1 heterocycles. The van der Waals surface area contributed by atoms with Crippen LogP contribution in [0.15, 0.2) is 35.5 Å². The number of rotatable bonds is 3. The lowest BCUT2D eigenvalue weighted by Crippen LogP contribution is -2.20. The first-order chi connectivity index (χ1) is 9.52. The van der Waals surface area contributed by atoms with Gasteiger partial charge in [0, 0.05) is 30.8 Å². The monoisotopic (exact) mass is 288 g/mol. The summed E-state index contributed by atoms with van der Waals surface area (Å²) in [4.78, 5) is 8.55. The third-order valence-corrected chi connectivity index (χ3v) is 4.50. The number of sulfone groups is 1. The van der Waals surface area contributed by atoms with Gasteiger partial charge in [0.2, 0.25) is 5.95 Å². The maximum Gasteiger partial charge on any atom is 0.222 e. The van der Waals surface area contributed by atoms with Crippen LogP contribution >= 0.6 is 0 Å². The van der Waals surface area contributed by atoms with Gasteiger partial charge in [-0.15, -0.1) is 0 Å². The molecule has 1 aliphatic rings. The predicted octanol–water partition coefficient (Wildman–Crippen LogP) is 1.26. The molecule has 5 nitrogen and oxygen atoms in total. The first-order valence-corrected chi connectivity index (χ1v) is 8.18. The molecule has 0 spiro atoms. The van der Waals surface area contributed by atoms with Gasteiger partial charge in [-0.2, -0.15) is 0 Å². The van der Waals surface area contributed by atoms with E-state index in [0.717, 1.165) is 18.4 Å². The fourth-order valence-electron chi connectivity index (χ4n) is 2.45. The van der Waals surface area contributed by atoms with Crippen molar-refractivity contribution in [3.05, 3.63) is 47.8 Å². The van der Waals surface area contributed by atoms with E-state index in [1.54, 1.807) is 24.5 Å². The molecule has 2 aromatic rings. The van der Waals surface area contributed by atoms with Crippen molar-refractivity contribution in [1.29, 1.82) is 0 Å². The van der Waals surface area contributed by atoms with E-state index < -0.39 is 9.84 Å². The lowest BCUT2D eigenvalue weighted by atomic mass is 10.1. The summed E-state index contributed by atoms with van der Waals surface area (Å²) in [5.74, 6) is 0.574. The van der Waals surface area contributed by atoms with Crippen LogP contribution in [0.25, 0.3) is 0 Å². The zero-order valence-corrected chi connectivity index (χ0v) is 11.8. The third-order valence-electron chi connectivity index (χ3n) is 3.39. The van der Waals surface area contributed by atoms with Crippen LogP contribution in [-0.4, -0.2) is 30.7 Å². The fourth-order valence-corrected chi connectivity index (χ4v) is 3.12. The quantitative estimate of drug-likeness (QED) is 0.920. The minimum Gasteiger partial charge on any atom is -0.351 e. The number of hydrogen-bond donors (Lipinski definition) is 1. The van der Waals surface area contributed by atoms with Gasteiger partial charge in [-0.05, 0) is 36.1 Å². The first-order valence-electron chi connectivity index (χ1n) is 6.29. The van der Waals surface area contributed by atoms with Gasteiger partial charge in [0.05, 0.1) is 4.90 Å². The maximum atomic E-state index is 11.6. The van der Waals surface area contributed by atoms with E-state index in [2.05, 4.69) is 21.4 Å². The summed E-state index contributed by atoms with van der Waals surface area (Å²) in [5.41, 5.74) is 2.25. The molecule has 1 aromatic carbocycles. The second-order valence-corrected chi connectivity index (χ2v) is 6.97. The molecule has 20 heavy (non-hydrogen) atoms. The second-order valence-electron chi connectivity index (χ2n) is 4.96. The average Bonchev–Trinajstić information content (AvgIpc) is 2.80. The molecule has 1 unspecified atom stereocenters. The molecule has 1 radical (unpaired) electrons. The number of anilines is 1. The Balaban J connectivity index is 1.79. The topological polar surface area (TPSA) is 72.0 Å². The number of nitrogens with one attached hydrogen (secondary N) is 1. The smallest absolute Gasteiger partial charge is 0.222 e. The lowest BCUT2D eigenvalue weighted by Gasteiger charge is -2.10. The highest BCUT2D eigenvalue weighted by Crippen LogP contribution is 2.26. The van der Waals surface area contributed by atoms with Gasteiger partial charge in [-0.3, -0.25) is 0 Å². The van der Waals surface area contributed by atoms with Crippen LogP contribution < -0.4 is 5.32 Å². The first kappa shape index (κ1) is 13.1. The minimum atomic E-state index is -3.15. The largest absolute Gasteiger partial charge is 0.351 e. The molecular formula is C14H14N3O2S. The predicted molar refractivity (Wildman–Crippen MR) is 75.2 cm³/mol. The zero-order chi connectivity index (χ0) is 14.2. The Morgan fingerprint density at radius 3 is 2.60 bits per heavy atom. The van der Waals surface area contributed by atoms with E-state index >= 15 is 0 Å². The third kappa shape index (κ3) is 2.65. The van der Waals surface area contributed by atoms with Crippen LogP contribution in [0.2, 0.25) is 0 Å². The molecule has 1 aromatic heterocycles. The molecule has 1 N–H and O–H groups in total. The Bertz CT molecular complexity index is 729. The van der Waals surface area contributed by atoms with Crippen molar-refractivity contribution in [2.45, 2.75) is 23.8 Å². The molecule has 0 fully saturated rings. The molecule has 103 valence electrons. The molecule has 0 saturated heterocycles. The van der Waals surface area contributed by atoms with Crippen LogP contribution in [0.4, 0.5) is 5.95 Å². The number of hydrogen-bond acceptors (Lipinski definition) is 5. The summed E-state index contributed by atoms with van der Waals surface area (Å²) in [6, 6.07) is 8.30. The van der Waals surface area contributed by atoms with Gasteiger partial charge in [-0.1, -0.05) is 6.07 Å². The second kappa shape index (κ2) is 4.86. The molecule has 0 saturated carbocycles. The highest BCUT2D eigenvalue weighted by Gasteiger charge is 2.23. The Morgan fingerprint density at radius 2 is 1.90 bits per heavy atom. The molecular weight excluding hydrogens is 274 g/mol. The van der Waals surface area contributed by atoms with Gasteiger partial charge >= 0.3 is 0 Å². The van der Waals surface area contributed by atoms with Crippen LogP contribution in [0.3, 0.4) is 0 Å². The van der Waals surface area contributed by atoms with Crippen molar-refractivity contribution in [2.75, 3.05) is 11.6 Å². The van der Waals surface area contributed by atoms with E-state index in [9.17, 15) is 8.42 Å². The van der Waals surface area contributed by atoms with Crippen LogP contribution in [0, 0.1) is 6.07 Å². The highest BCUT2D eigenvalue weighted by molar-refractivity contribution is 7.90. The van der Waals surface area contributed by atoms with Gasteiger partial charge in [-0.25, -0.2) is 18.4 Å². The van der Waals surface area contributed by atoms with E-state index in [1.807, 2.05) is 6.07 Å². The van der Waals surface area contributed by atoms with Crippen LogP contribution in [-0.2, 0) is 22.7 Å². The number of nitrogens with zero attached hydrogens (tertiary/aromatic N) is 2. The molecule has 1 atom stereocenters. The molecule has 6 heteroatoms. The van der Waals surface area contributed by atoms with Crippen molar-refractivity contribution < 1.29 is 8.42 Å². The number of fused-ring (bicyclic) bond motifs is 1.